The van der Waals surface area contributed by atoms with E-state index in [4.69, 9.17) is 21.1 Å². The molecule has 1 aromatic heterocycles. The summed E-state index contributed by atoms with van der Waals surface area (Å²) in [7, 11) is 1.56. The van der Waals surface area contributed by atoms with E-state index in [1.54, 1.807) is 55.6 Å². The molecule has 1 unspecified atom stereocenters. The number of aliphatic hydroxyl groups excluding tert-OH is 1. The van der Waals surface area contributed by atoms with Crippen molar-refractivity contribution in [1.29, 1.82) is 0 Å². The van der Waals surface area contributed by atoms with Crippen molar-refractivity contribution < 1.29 is 24.2 Å². The predicted molar refractivity (Wildman–Crippen MR) is 181 cm³/mol. The number of ketones is 1. The number of aryl methyl sites for hydroxylation is 1. The molecule has 1 aliphatic rings. The lowest BCUT2D eigenvalue weighted by atomic mass is 9.95. The predicted octanol–water partition coefficient (Wildman–Crippen LogP) is 8.01. The number of aliphatic hydroxyl groups is 1. The van der Waals surface area contributed by atoms with E-state index in [1.165, 1.54) is 28.0 Å². The molecule has 1 N–H and O–H groups in total. The Balaban J connectivity index is 1.30. The first-order valence-electron chi connectivity index (χ1n) is 14.3. The Bertz CT molecular complexity index is 1910. The maximum atomic E-state index is 13.6. The number of Topliss-reactive ketones (excluding diaryl/α,β-unsaturated/α-hetero) is 1. The third kappa shape index (κ3) is 6.64. The highest BCUT2D eigenvalue weighted by Gasteiger charge is 2.48. The van der Waals surface area contributed by atoms with Crippen molar-refractivity contribution in [3.05, 3.63) is 135 Å². The highest BCUT2D eigenvalue weighted by Crippen LogP contribution is 2.44. The summed E-state index contributed by atoms with van der Waals surface area (Å²) < 4.78 is 11.9. The van der Waals surface area contributed by atoms with E-state index in [0.717, 1.165) is 16.7 Å². The van der Waals surface area contributed by atoms with Gasteiger partial charge >= 0.3 is 5.91 Å². The first kappa shape index (κ1) is 31.3. The minimum atomic E-state index is -0.940. The van der Waals surface area contributed by atoms with Gasteiger partial charge < -0.3 is 14.6 Å². The van der Waals surface area contributed by atoms with Crippen molar-refractivity contribution in [3.8, 4) is 11.5 Å². The van der Waals surface area contributed by atoms with Crippen molar-refractivity contribution in [2.75, 3.05) is 12.0 Å². The number of carbonyl (C=O) groups excluding carboxylic acids is 2. The summed E-state index contributed by atoms with van der Waals surface area (Å²) in [5.41, 5.74) is 4.17. The molecule has 2 heterocycles. The summed E-state index contributed by atoms with van der Waals surface area (Å²) in [6.45, 7) is 2.42. The number of thioether (sulfide) groups is 1. The first-order chi connectivity index (χ1) is 22.3. The summed E-state index contributed by atoms with van der Waals surface area (Å²) >= 11 is 8.67. The monoisotopic (exact) mass is 669 g/mol. The molecule has 1 aliphatic heterocycles. The number of hydrogen-bond donors (Lipinski definition) is 1. The average Bonchev–Trinajstić information content (AvgIpc) is 3.65. The Hall–Kier alpha value is -4.64. The zero-order chi connectivity index (χ0) is 32.2. The number of benzene rings is 4. The van der Waals surface area contributed by atoms with Gasteiger partial charge in [-0.05, 0) is 77.7 Å². The molecular formula is C35H28ClN3O5S2. The van der Waals surface area contributed by atoms with Gasteiger partial charge in [0.25, 0.3) is 5.78 Å². The normalized spacial score (nSPS) is 15.7. The van der Waals surface area contributed by atoms with Crippen molar-refractivity contribution >= 4 is 57.3 Å². The van der Waals surface area contributed by atoms with E-state index in [2.05, 4.69) is 10.2 Å². The van der Waals surface area contributed by atoms with E-state index >= 15 is 0 Å². The van der Waals surface area contributed by atoms with Crippen molar-refractivity contribution in [1.82, 2.24) is 10.2 Å². The summed E-state index contributed by atoms with van der Waals surface area (Å²) in [6.07, 6.45) is 0. The second kappa shape index (κ2) is 13.8. The van der Waals surface area contributed by atoms with Gasteiger partial charge in [0.05, 0.1) is 18.7 Å². The van der Waals surface area contributed by atoms with Crippen LogP contribution in [0.25, 0.3) is 5.76 Å². The van der Waals surface area contributed by atoms with Crippen LogP contribution in [0, 0.1) is 6.92 Å². The van der Waals surface area contributed by atoms with Crippen molar-refractivity contribution in [3.63, 3.8) is 0 Å². The number of hydrogen-bond acceptors (Lipinski definition) is 9. The van der Waals surface area contributed by atoms with Gasteiger partial charge in [0, 0.05) is 16.3 Å². The van der Waals surface area contributed by atoms with E-state index in [-0.39, 0.29) is 16.5 Å². The minimum Gasteiger partial charge on any atom is -0.507 e. The molecule has 4 aromatic carbocycles. The van der Waals surface area contributed by atoms with Gasteiger partial charge in [-0.3, -0.25) is 14.5 Å². The summed E-state index contributed by atoms with van der Waals surface area (Å²) in [5.74, 6) is -0.0797. The fourth-order valence-corrected chi connectivity index (χ4v) is 6.96. The van der Waals surface area contributed by atoms with Crippen LogP contribution < -0.4 is 14.4 Å². The fraction of sp³-hybridized carbons (Fsp3) is 0.143. The minimum absolute atomic E-state index is 0.0469. The third-order valence-corrected chi connectivity index (χ3v) is 9.92. The van der Waals surface area contributed by atoms with Gasteiger partial charge in [0.15, 0.2) is 4.34 Å². The van der Waals surface area contributed by atoms with Crippen LogP contribution in [-0.2, 0) is 21.9 Å². The van der Waals surface area contributed by atoms with E-state index in [9.17, 15) is 14.7 Å². The van der Waals surface area contributed by atoms with Crippen LogP contribution >= 0.6 is 34.7 Å². The molecule has 232 valence electrons. The molecule has 0 radical (unpaired) electrons. The third-order valence-electron chi connectivity index (χ3n) is 7.54. The number of anilines is 1. The Kier molecular flexibility index (Phi) is 9.39. The van der Waals surface area contributed by atoms with E-state index in [1.807, 2.05) is 55.5 Å². The molecule has 5 aromatic rings. The van der Waals surface area contributed by atoms with Crippen LogP contribution in [0.3, 0.4) is 0 Å². The number of methoxy groups -OCH3 is 1. The van der Waals surface area contributed by atoms with Crippen LogP contribution in [0.5, 0.6) is 11.5 Å². The van der Waals surface area contributed by atoms with Crippen LogP contribution in [-0.4, -0.2) is 34.1 Å². The number of nitrogens with zero attached hydrogens (tertiary/aromatic N) is 3. The number of halogens is 1. The Morgan fingerprint density at radius 3 is 2.33 bits per heavy atom. The first-order valence-corrected chi connectivity index (χ1v) is 16.4. The lowest BCUT2D eigenvalue weighted by Crippen LogP contribution is -2.29. The van der Waals surface area contributed by atoms with Crippen molar-refractivity contribution in [2.24, 2.45) is 0 Å². The van der Waals surface area contributed by atoms with Crippen LogP contribution in [0.2, 0.25) is 5.02 Å². The average molecular weight is 670 g/mol. The molecule has 46 heavy (non-hydrogen) atoms. The van der Waals surface area contributed by atoms with Crippen molar-refractivity contribution in [2.45, 2.75) is 29.7 Å². The van der Waals surface area contributed by atoms with Gasteiger partial charge in [0.2, 0.25) is 5.13 Å². The Morgan fingerprint density at radius 2 is 1.63 bits per heavy atom. The Morgan fingerprint density at radius 1 is 0.935 bits per heavy atom. The molecule has 0 aliphatic carbocycles. The van der Waals surface area contributed by atoms with Crippen LogP contribution in [0.15, 0.2) is 107 Å². The number of aromatic nitrogens is 2. The largest absolute Gasteiger partial charge is 0.507 e. The highest BCUT2D eigenvalue weighted by atomic mass is 35.5. The molecule has 1 amide bonds. The number of carbonyl (C=O) groups is 2. The summed E-state index contributed by atoms with van der Waals surface area (Å²) in [5, 5.41) is 21.0. The zero-order valence-electron chi connectivity index (χ0n) is 24.8. The molecule has 11 heteroatoms. The van der Waals surface area contributed by atoms with Gasteiger partial charge in [-0.25, -0.2) is 0 Å². The van der Waals surface area contributed by atoms with Gasteiger partial charge in [-0.2, -0.15) is 0 Å². The second-order valence-electron chi connectivity index (χ2n) is 10.4. The van der Waals surface area contributed by atoms with Gasteiger partial charge in [-0.15, -0.1) is 10.2 Å². The molecule has 6 rings (SSSR count). The summed E-state index contributed by atoms with van der Waals surface area (Å²) in [6, 6.07) is 28.3. The number of ether oxygens (including phenoxy) is 2. The molecular weight excluding hydrogens is 642 g/mol. The smallest absolute Gasteiger partial charge is 0.301 e. The lowest BCUT2D eigenvalue weighted by Gasteiger charge is -2.22. The maximum Gasteiger partial charge on any atom is 0.301 e. The zero-order valence-corrected chi connectivity index (χ0v) is 27.2. The highest BCUT2D eigenvalue weighted by molar-refractivity contribution is 8.00. The topological polar surface area (TPSA) is 102 Å². The molecule has 0 spiro atoms. The lowest BCUT2D eigenvalue weighted by molar-refractivity contribution is -0.132. The molecule has 1 saturated heterocycles. The molecule has 0 bridgehead atoms. The van der Waals surface area contributed by atoms with Gasteiger partial charge in [-0.1, -0.05) is 83.2 Å². The Labute approximate surface area is 279 Å². The fourth-order valence-electron chi connectivity index (χ4n) is 5.01. The standard InChI is InChI=1S/C35H28ClN3O5S2/c1-21-5-3-4-6-25(21)19-44-28-17-11-24(12-18-28)31(40)29-30(23-9-15-27(43-2)16-10-23)39(33(42)32(29)41)34-37-38-35(46-34)45-20-22-7-13-26(36)14-8-22/h3-18,30,40H,19-20H2,1-2H3/b31-29+. The molecule has 1 atom stereocenters. The van der Waals surface area contributed by atoms with Gasteiger partial charge in [0.1, 0.15) is 23.9 Å². The van der Waals surface area contributed by atoms with E-state index in [0.29, 0.717) is 44.3 Å². The number of amides is 1. The SMILES string of the molecule is COc1ccc(C2/C(=C(\O)c3ccc(OCc4ccccc4C)cc3)C(=O)C(=O)N2c2nnc(SCc3ccc(Cl)cc3)s2)cc1. The number of rotatable bonds is 10. The maximum absolute atomic E-state index is 13.6. The van der Waals surface area contributed by atoms with E-state index < -0.39 is 17.7 Å². The van der Waals surface area contributed by atoms with Crippen LogP contribution in [0.4, 0.5) is 5.13 Å². The molecule has 1 fully saturated rings. The molecule has 0 saturated carbocycles. The second-order valence-corrected chi connectivity index (χ2v) is 13.1. The van der Waals surface area contributed by atoms with Crippen LogP contribution in [0.1, 0.15) is 33.9 Å². The molecule has 8 nitrogen and oxygen atoms in total. The quantitative estimate of drug-likeness (QED) is 0.0525. The summed E-state index contributed by atoms with van der Waals surface area (Å²) in [4.78, 5) is 28.5.